The summed E-state index contributed by atoms with van der Waals surface area (Å²) in [5.41, 5.74) is 1.62. The molecule has 2 fully saturated rings. The second-order valence-electron chi connectivity index (χ2n) is 7.40. The van der Waals surface area contributed by atoms with Gasteiger partial charge >= 0.3 is 0 Å². The Labute approximate surface area is 178 Å². The summed E-state index contributed by atoms with van der Waals surface area (Å²) in [5, 5.41) is 26.7. The molecule has 2 saturated carbocycles. The summed E-state index contributed by atoms with van der Waals surface area (Å²) < 4.78 is 17.8. The van der Waals surface area contributed by atoms with Gasteiger partial charge in [0.05, 0.1) is 23.1 Å². The highest BCUT2D eigenvalue weighted by molar-refractivity contribution is 8.02. The zero-order valence-electron chi connectivity index (χ0n) is 15.8. The molecule has 0 aliphatic heterocycles. The Morgan fingerprint density at radius 2 is 1.33 bits per heavy atom. The summed E-state index contributed by atoms with van der Waals surface area (Å²) in [6, 6.07) is 3.78. The van der Waals surface area contributed by atoms with Crippen LogP contribution in [0.3, 0.4) is 0 Å². The van der Waals surface area contributed by atoms with Crippen molar-refractivity contribution in [2.75, 3.05) is 0 Å². The van der Waals surface area contributed by atoms with Crippen LogP contribution < -0.4 is 0 Å². The number of tetrazole rings is 2. The van der Waals surface area contributed by atoms with Crippen molar-refractivity contribution in [3.8, 4) is 0 Å². The average molecular weight is 443 g/mol. The number of benzene rings is 1. The van der Waals surface area contributed by atoms with E-state index in [1.54, 1.807) is 13.0 Å². The number of aryl methyl sites for hydroxylation is 1. The van der Waals surface area contributed by atoms with Crippen molar-refractivity contribution in [1.29, 1.82) is 0 Å². The summed E-state index contributed by atoms with van der Waals surface area (Å²) in [6.45, 7) is 1.71. The van der Waals surface area contributed by atoms with Crippen LogP contribution in [-0.4, -0.2) is 50.4 Å². The third-order valence-corrected chi connectivity index (χ3v) is 6.96. The Hall–Kier alpha value is -2.67. The second kappa shape index (κ2) is 6.94. The molecule has 2 aliphatic carbocycles. The molecular formula is C17H15FN10S2. The van der Waals surface area contributed by atoms with Crippen LogP contribution in [0, 0.1) is 12.7 Å². The van der Waals surface area contributed by atoms with Gasteiger partial charge in [-0.25, -0.2) is 23.7 Å². The van der Waals surface area contributed by atoms with Crippen LogP contribution in [0.5, 0.6) is 0 Å². The predicted molar refractivity (Wildman–Crippen MR) is 105 cm³/mol. The molecule has 6 rings (SSSR count). The normalized spacial score (nSPS) is 16.5. The third-order valence-electron chi connectivity index (χ3n) is 4.97. The van der Waals surface area contributed by atoms with Crippen LogP contribution >= 0.6 is 23.5 Å². The maximum atomic E-state index is 14.1. The Kier molecular flexibility index (Phi) is 4.19. The lowest BCUT2D eigenvalue weighted by molar-refractivity contribution is 0.564. The molecule has 2 aliphatic rings. The van der Waals surface area contributed by atoms with E-state index in [0.717, 1.165) is 25.7 Å². The van der Waals surface area contributed by atoms with E-state index in [0.29, 0.717) is 49.0 Å². The maximum Gasteiger partial charge on any atom is 0.215 e. The fourth-order valence-electron chi connectivity index (χ4n) is 3.06. The first-order chi connectivity index (χ1) is 14.7. The van der Waals surface area contributed by atoms with Crippen LogP contribution in [0.2, 0.25) is 0 Å². The zero-order chi connectivity index (χ0) is 20.2. The quantitative estimate of drug-likeness (QED) is 0.441. The van der Waals surface area contributed by atoms with Gasteiger partial charge in [-0.1, -0.05) is 0 Å². The van der Waals surface area contributed by atoms with Crippen LogP contribution in [0.15, 0.2) is 32.5 Å². The van der Waals surface area contributed by atoms with Gasteiger partial charge in [0.2, 0.25) is 10.3 Å². The molecule has 0 bridgehead atoms. The van der Waals surface area contributed by atoms with Gasteiger partial charge in [0.15, 0.2) is 0 Å². The number of aromatic nitrogens is 10. The summed E-state index contributed by atoms with van der Waals surface area (Å²) in [7, 11) is 0. The molecule has 1 aromatic carbocycles. The molecule has 3 aromatic heterocycles. The molecule has 152 valence electrons. The van der Waals surface area contributed by atoms with Gasteiger partial charge in [0.1, 0.15) is 15.9 Å². The lowest BCUT2D eigenvalue weighted by atomic mass is 10.2. The fourth-order valence-corrected chi connectivity index (χ4v) is 4.92. The van der Waals surface area contributed by atoms with Crippen LogP contribution in [0.4, 0.5) is 4.39 Å². The molecule has 10 nitrogen and oxygen atoms in total. The standard InChI is InChI=1S/C17H15FN10S2/c1-8-6-12-13(7-11(8)18)20-15(30-17-22-24-26-28(17)10-4-5-10)14(19-12)29-16-21-23-25-27(16)9-2-3-9/h6-7,9-10H,2-5H2,1H3. The van der Waals surface area contributed by atoms with Crippen molar-refractivity contribution in [3.05, 3.63) is 23.5 Å². The minimum Gasteiger partial charge on any atom is -0.236 e. The van der Waals surface area contributed by atoms with Crippen molar-refractivity contribution in [3.63, 3.8) is 0 Å². The monoisotopic (exact) mass is 442 g/mol. The van der Waals surface area contributed by atoms with Crippen LogP contribution in [0.25, 0.3) is 11.0 Å². The van der Waals surface area contributed by atoms with Crippen molar-refractivity contribution in [2.45, 2.75) is 65.1 Å². The zero-order valence-corrected chi connectivity index (χ0v) is 17.4. The first-order valence-corrected chi connectivity index (χ1v) is 11.2. The summed E-state index contributed by atoms with van der Waals surface area (Å²) in [5.74, 6) is -0.311. The number of hydrogen-bond donors (Lipinski definition) is 0. The fraction of sp³-hybridized carbons (Fsp3) is 0.412. The molecule has 30 heavy (non-hydrogen) atoms. The topological polar surface area (TPSA) is 113 Å². The van der Waals surface area contributed by atoms with Gasteiger partial charge in [-0.05, 0) is 88.6 Å². The first-order valence-electron chi connectivity index (χ1n) is 9.55. The van der Waals surface area contributed by atoms with E-state index >= 15 is 0 Å². The summed E-state index contributed by atoms with van der Waals surface area (Å²) in [4.78, 5) is 9.47. The van der Waals surface area contributed by atoms with Crippen LogP contribution in [-0.2, 0) is 0 Å². The molecule has 0 N–H and O–H groups in total. The van der Waals surface area contributed by atoms with E-state index in [-0.39, 0.29) is 5.82 Å². The van der Waals surface area contributed by atoms with E-state index in [1.165, 1.54) is 29.6 Å². The molecule has 0 radical (unpaired) electrons. The van der Waals surface area contributed by atoms with Crippen molar-refractivity contribution in [1.82, 2.24) is 50.4 Å². The highest BCUT2D eigenvalue weighted by Crippen LogP contribution is 2.42. The third kappa shape index (κ3) is 3.31. The highest BCUT2D eigenvalue weighted by atomic mass is 32.2. The average Bonchev–Trinajstić information content (AvgIpc) is 3.66. The maximum absolute atomic E-state index is 14.1. The molecule has 3 heterocycles. The van der Waals surface area contributed by atoms with Gasteiger partial charge in [-0.3, -0.25) is 0 Å². The molecular weight excluding hydrogens is 427 g/mol. The van der Waals surface area contributed by atoms with Gasteiger partial charge in [0, 0.05) is 6.07 Å². The molecule has 0 saturated heterocycles. The lowest BCUT2D eigenvalue weighted by Crippen LogP contribution is -2.02. The van der Waals surface area contributed by atoms with E-state index in [9.17, 15) is 4.39 Å². The Bertz CT molecular complexity index is 1170. The van der Waals surface area contributed by atoms with E-state index in [1.807, 2.05) is 9.36 Å². The first kappa shape index (κ1) is 18.1. The molecule has 0 unspecified atom stereocenters. The smallest absolute Gasteiger partial charge is 0.215 e. The molecule has 0 atom stereocenters. The van der Waals surface area contributed by atoms with E-state index in [4.69, 9.17) is 9.97 Å². The predicted octanol–water partition coefficient (Wildman–Crippen LogP) is 3.02. The van der Waals surface area contributed by atoms with Gasteiger partial charge < -0.3 is 0 Å². The minimum absolute atomic E-state index is 0.311. The van der Waals surface area contributed by atoms with Crippen molar-refractivity contribution < 1.29 is 4.39 Å². The number of hydrogen-bond acceptors (Lipinski definition) is 10. The van der Waals surface area contributed by atoms with Gasteiger partial charge in [0.25, 0.3) is 0 Å². The highest BCUT2D eigenvalue weighted by Gasteiger charge is 2.31. The van der Waals surface area contributed by atoms with Gasteiger partial charge in [-0.15, -0.1) is 10.2 Å². The van der Waals surface area contributed by atoms with Crippen LogP contribution in [0.1, 0.15) is 43.3 Å². The van der Waals surface area contributed by atoms with Crippen molar-refractivity contribution in [2.24, 2.45) is 0 Å². The SMILES string of the molecule is Cc1cc2nc(Sc3nnnn3C3CC3)c(Sc3nnnn3C3CC3)nc2cc1F. The van der Waals surface area contributed by atoms with E-state index in [2.05, 4.69) is 31.1 Å². The molecule has 4 aromatic rings. The minimum atomic E-state index is -0.311. The van der Waals surface area contributed by atoms with Crippen molar-refractivity contribution >= 4 is 34.6 Å². The number of rotatable bonds is 6. The second-order valence-corrected chi connectivity index (χ2v) is 9.31. The Morgan fingerprint density at radius 3 is 1.83 bits per heavy atom. The molecule has 13 heteroatoms. The molecule has 0 spiro atoms. The number of nitrogens with zero attached hydrogens (tertiary/aromatic N) is 10. The summed E-state index contributed by atoms with van der Waals surface area (Å²) >= 11 is 2.68. The van der Waals surface area contributed by atoms with Gasteiger partial charge in [-0.2, -0.15) is 0 Å². The Morgan fingerprint density at radius 1 is 0.833 bits per heavy atom. The Balaban J connectivity index is 1.44. The lowest BCUT2D eigenvalue weighted by Gasteiger charge is -2.09. The number of fused-ring (bicyclic) bond motifs is 1. The molecule has 0 amide bonds. The largest absolute Gasteiger partial charge is 0.236 e. The summed E-state index contributed by atoms with van der Waals surface area (Å²) in [6.07, 6.45) is 4.25. The van der Waals surface area contributed by atoms with E-state index < -0.39 is 0 Å². The number of halogens is 1.